The molecule has 2 aliphatic heterocycles. The highest BCUT2D eigenvalue weighted by Gasteiger charge is 2.20. The topological polar surface area (TPSA) is 84.0 Å². The van der Waals surface area contributed by atoms with Crippen molar-refractivity contribution in [2.75, 3.05) is 39.3 Å². The lowest BCUT2D eigenvalue weighted by Gasteiger charge is -2.24. The van der Waals surface area contributed by atoms with Gasteiger partial charge in [0.2, 0.25) is 17.7 Å². The van der Waals surface area contributed by atoms with E-state index in [1.165, 1.54) is 0 Å². The lowest BCUT2D eigenvalue weighted by atomic mass is 10.1. The summed E-state index contributed by atoms with van der Waals surface area (Å²) in [5.41, 5.74) is 0.921. The maximum Gasteiger partial charge on any atom is 0.234 e. The Morgan fingerprint density at radius 3 is 2.71 bits per heavy atom. The van der Waals surface area contributed by atoms with Gasteiger partial charge in [0.25, 0.3) is 0 Å². The molecule has 8 heteroatoms. The van der Waals surface area contributed by atoms with Crippen LogP contribution in [0.25, 0.3) is 0 Å². The zero-order valence-corrected chi connectivity index (χ0v) is 19.7. The van der Waals surface area contributed by atoms with Gasteiger partial charge in [0.05, 0.1) is 13.2 Å². The lowest BCUT2D eigenvalue weighted by molar-refractivity contribution is -0.128. The number of fused-ring (bicyclic) bond motifs is 2. The molecule has 1 fully saturated rings. The van der Waals surface area contributed by atoms with Gasteiger partial charge in [-0.1, -0.05) is 31.0 Å². The van der Waals surface area contributed by atoms with Crippen LogP contribution >= 0.6 is 0 Å². The third-order valence-electron chi connectivity index (χ3n) is 6.17. The number of amides is 2. The van der Waals surface area contributed by atoms with Crippen molar-refractivity contribution < 1.29 is 19.1 Å². The van der Waals surface area contributed by atoms with Crippen molar-refractivity contribution in [3.63, 3.8) is 0 Å². The zero-order valence-electron chi connectivity index (χ0n) is 19.7. The fraction of sp³-hybridized carbons (Fsp3) is 0.500. The highest BCUT2D eigenvalue weighted by atomic mass is 16.5. The molecule has 2 aromatic rings. The molecule has 0 spiro atoms. The standard InChI is InChI=1S/C26H34N4O4/c31-24(27-14-17-30-16-8-12-25(30)32)20-29-15-5-1-2-6-18-33-22-10-3-4-11-23(22)34-26-21(19-29)9-7-13-28-26/h3-4,7,9-11,13H,1-2,5-6,8,12,14-20H2,(H,27,31). The summed E-state index contributed by atoms with van der Waals surface area (Å²) < 4.78 is 12.1. The zero-order chi connectivity index (χ0) is 23.6. The summed E-state index contributed by atoms with van der Waals surface area (Å²) in [5, 5.41) is 2.98. The smallest absolute Gasteiger partial charge is 0.234 e. The van der Waals surface area contributed by atoms with Crippen molar-refractivity contribution in [1.29, 1.82) is 0 Å². The number of nitrogens with one attached hydrogen (secondary N) is 1. The van der Waals surface area contributed by atoms with Crippen LogP contribution in [0.4, 0.5) is 0 Å². The maximum atomic E-state index is 12.7. The minimum atomic E-state index is -0.0298. The molecule has 0 radical (unpaired) electrons. The van der Waals surface area contributed by atoms with Crippen molar-refractivity contribution in [2.45, 2.75) is 45.1 Å². The monoisotopic (exact) mass is 466 g/mol. The van der Waals surface area contributed by atoms with E-state index in [0.29, 0.717) is 56.6 Å². The number of pyridine rings is 1. The van der Waals surface area contributed by atoms with E-state index in [1.807, 2.05) is 41.3 Å². The van der Waals surface area contributed by atoms with Gasteiger partial charge in [-0.15, -0.1) is 0 Å². The Kier molecular flexibility index (Phi) is 8.73. The highest BCUT2D eigenvalue weighted by molar-refractivity contribution is 5.79. The van der Waals surface area contributed by atoms with Crippen LogP contribution in [0.5, 0.6) is 17.4 Å². The number of nitrogens with zero attached hydrogens (tertiary/aromatic N) is 3. The predicted molar refractivity (Wildman–Crippen MR) is 129 cm³/mol. The van der Waals surface area contributed by atoms with Gasteiger partial charge in [-0.25, -0.2) is 4.98 Å². The van der Waals surface area contributed by atoms with Gasteiger partial charge in [-0.05, 0) is 44.0 Å². The summed E-state index contributed by atoms with van der Waals surface area (Å²) in [6, 6.07) is 11.5. The number of likely N-dealkylation sites (tertiary alicyclic amines) is 1. The van der Waals surface area contributed by atoms with E-state index in [9.17, 15) is 9.59 Å². The molecule has 0 unspecified atom stereocenters. The quantitative estimate of drug-likeness (QED) is 0.728. The van der Waals surface area contributed by atoms with Gasteiger partial charge in [-0.3, -0.25) is 14.5 Å². The first-order valence-corrected chi connectivity index (χ1v) is 12.3. The average Bonchev–Trinajstić information content (AvgIpc) is 3.24. The Hall–Kier alpha value is -3.13. The second-order valence-electron chi connectivity index (χ2n) is 8.82. The van der Waals surface area contributed by atoms with Gasteiger partial charge in [0.15, 0.2) is 11.5 Å². The molecule has 1 N–H and O–H groups in total. The molecule has 0 atom stereocenters. The molecule has 2 aliphatic rings. The van der Waals surface area contributed by atoms with Crippen molar-refractivity contribution in [2.24, 2.45) is 0 Å². The molecule has 3 heterocycles. The molecule has 0 saturated carbocycles. The Morgan fingerprint density at radius 1 is 1.00 bits per heavy atom. The van der Waals surface area contributed by atoms with Crippen molar-refractivity contribution in [3.05, 3.63) is 48.2 Å². The summed E-state index contributed by atoms with van der Waals surface area (Å²) in [5.74, 6) is 2.02. The summed E-state index contributed by atoms with van der Waals surface area (Å²) in [6.45, 7) is 4.15. The molecule has 1 aromatic carbocycles. The number of hydrogen-bond donors (Lipinski definition) is 1. The molecule has 0 aliphatic carbocycles. The largest absolute Gasteiger partial charge is 0.490 e. The first-order chi connectivity index (χ1) is 16.7. The van der Waals surface area contributed by atoms with Gasteiger partial charge >= 0.3 is 0 Å². The van der Waals surface area contributed by atoms with Crippen molar-refractivity contribution >= 4 is 11.8 Å². The summed E-state index contributed by atoms with van der Waals surface area (Å²) in [7, 11) is 0. The molecule has 4 rings (SSSR count). The van der Waals surface area contributed by atoms with Crippen LogP contribution in [0.3, 0.4) is 0 Å². The van der Waals surface area contributed by atoms with E-state index in [4.69, 9.17) is 9.47 Å². The van der Waals surface area contributed by atoms with Gasteiger partial charge < -0.3 is 19.7 Å². The summed E-state index contributed by atoms with van der Waals surface area (Å²) in [6.07, 6.45) is 7.37. The van der Waals surface area contributed by atoms with Crippen molar-refractivity contribution in [3.8, 4) is 17.4 Å². The molecule has 0 bridgehead atoms. The van der Waals surface area contributed by atoms with E-state index >= 15 is 0 Å². The lowest BCUT2D eigenvalue weighted by Crippen LogP contribution is -2.41. The minimum absolute atomic E-state index is 0.0298. The molecule has 1 saturated heterocycles. The van der Waals surface area contributed by atoms with Gasteiger partial charge in [0, 0.05) is 44.4 Å². The number of ether oxygens (including phenoxy) is 2. The van der Waals surface area contributed by atoms with E-state index in [-0.39, 0.29) is 11.8 Å². The van der Waals surface area contributed by atoms with Crippen LogP contribution in [-0.4, -0.2) is 65.9 Å². The van der Waals surface area contributed by atoms with E-state index in [2.05, 4.69) is 15.2 Å². The minimum Gasteiger partial charge on any atom is -0.490 e. The molecule has 8 nitrogen and oxygen atoms in total. The third-order valence-corrected chi connectivity index (χ3v) is 6.17. The van der Waals surface area contributed by atoms with Crippen LogP contribution < -0.4 is 14.8 Å². The average molecular weight is 467 g/mol. The Bertz CT molecular complexity index is 967. The molecule has 34 heavy (non-hydrogen) atoms. The molecular formula is C26H34N4O4. The Labute approximate surface area is 201 Å². The number of aromatic nitrogens is 1. The van der Waals surface area contributed by atoms with Crippen LogP contribution in [-0.2, 0) is 16.1 Å². The Morgan fingerprint density at radius 2 is 1.85 bits per heavy atom. The number of benzene rings is 1. The second kappa shape index (κ2) is 12.4. The van der Waals surface area contributed by atoms with Crippen LogP contribution in [0, 0.1) is 0 Å². The van der Waals surface area contributed by atoms with E-state index in [0.717, 1.165) is 50.8 Å². The number of carbonyl (C=O) groups excluding carboxylic acids is 2. The van der Waals surface area contributed by atoms with E-state index < -0.39 is 0 Å². The van der Waals surface area contributed by atoms with Crippen LogP contribution in [0.15, 0.2) is 42.6 Å². The summed E-state index contributed by atoms with van der Waals surface area (Å²) >= 11 is 0. The molecule has 2 amide bonds. The number of rotatable bonds is 5. The summed E-state index contributed by atoms with van der Waals surface area (Å²) in [4.78, 5) is 32.9. The van der Waals surface area contributed by atoms with Crippen LogP contribution in [0.2, 0.25) is 0 Å². The second-order valence-corrected chi connectivity index (χ2v) is 8.82. The van der Waals surface area contributed by atoms with Gasteiger partial charge in [-0.2, -0.15) is 0 Å². The number of hydrogen-bond acceptors (Lipinski definition) is 6. The first-order valence-electron chi connectivity index (χ1n) is 12.3. The maximum absolute atomic E-state index is 12.7. The predicted octanol–water partition coefficient (Wildman–Crippen LogP) is 3.37. The molecule has 1 aromatic heterocycles. The SMILES string of the molecule is O=C(CN1CCCCCCOc2ccccc2Oc2ncccc2C1)NCCN1CCCC1=O. The first kappa shape index (κ1) is 24.0. The van der Waals surface area contributed by atoms with E-state index in [1.54, 1.807) is 6.20 Å². The normalized spacial score (nSPS) is 17.6. The Balaban J connectivity index is 1.42. The number of para-hydroxylation sites is 2. The fourth-order valence-electron chi connectivity index (χ4n) is 4.35. The van der Waals surface area contributed by atoms with Crippen molar-refractivity contribution in [1.82, 2.24) is 20.1 Å². The van der Waals surface area contributed by atoms with Crippen LogP contribution in [0.1, 0.15) is 44.1 Å². The highest BCUT2D eigenvalue weighted by Crippen LogP contribution is 2.32. The molecule has 182 valence electrons. The number of carbonyl (C=O) groups is 2. The third kappa shape index (κ3) is 6.93. The fourth-order valence-corrected chi connectivity index (χ4v) is 4.35. The van der Waals surface area contributed by atoms with Gasteiger partial charge in [0.1, 0.15) is 0 Å². The molecular weight excluding hydrogens is 432 g/mol.